The summed E-state index contributed by atoms with van der Waals surface area (Å²) in [6.07, 6.45) is 1.92. The molecule has 0 heterocycles. The highest BCUT2D eigenvalue weighted by Crippen LogP contribution is 1.95. The van der Waals surface area contributed by atoms with Crippen molar-refractivity contribution in [3.8, 4) is 0 Å². The molecule has 0 aromatic carbocycles. The van der Waals surface area contributed by atoms with Crippen LogP contribution >= 0.6 is 11.6 Å². The van der Waals surface area contributed by atoms with Crippen LogP contribution in [0.15, 0.2) is 0 Å². The van der Waals surface area contributed by atoms with Crippen LogP contribution < -0.4 is 5.32 Å². The Morgan fingerprint density at radius 3 is 2.56 bits per heavy atom. The van der Waals surface area contributed by atoms with E-state index < -0.39 is 0 Å². The van der Waals surface area contributed by atoms with Gasteiger partial charge in [-0.05, 0) is 19.4 Å². The van der Waals surface area contributed by atoms with Crippen molar-refractivity contribution < 1.29 is 14.2 Å². The number of ether oxygens (including phenoxy) is 3. The fraction of sp³-hybridized carbons (Fsp3) is 1.00. The topological polar surface area (TPSA) is 39.7 Å². The number of rotatable bonds is 12. The van der Waals surface area contributed by atoms with Crippen LogP contribution in [0.5, 0.6) is 0 Å². The second kappa shape index (κ2) is 13.2. The molecule has 1 unspecified atom stereocenters. The molecule has 0 aliphatic carbocycles. The lowest BCUT2D eigenvalue weighted by atomic mass is 10.2. The summed E-state index contributed by atoms with van der Waals surface area (Å²) in [4.78, 5) is 0. The minimum Gasteiger partial charge on any atom is -0.383 e. The average molecular weight is 254 g/mol. The molecule has 0 spiro atoms. The third-order valence-corrected chi connectivity index (χ3v) is 2.37. The summed E-state index contributed by atoms with van der Waals surface area (Å²) in [5.74, 6) is 0.658. The Bertz CT molecular complexity index is 132. The van der Waals surface area contributed by atoms with E-state index in [-0.39, 0.29) is 0 Å². The zero-order chi connectivity index (χ0) is 12.1. The minimum atomic E-state index is 0.349. The molecule has 4 nitrogen and oxygen atoms in total. The van der Waals surface area contributed by atoms with Crippen LogP contribution in [0.25, 0.3) is 0 Å². The van der Waals surface area contributed by atoms with Gasteiger partial charge in [0.2, 0.25) is 0 Å². The summed E-state index contributed by atoms with van der Waals surface area (Å²) in [5.41, 5.74) is 0. The van der Waals surface area contributed by atoms with Gasteiger partial charge in [-0.15, -0.1) is 11.6 Å². The third-order valence-electron chi connectivity index (χ3n) is 2.16. The van der Waals surface area contributed by atoms with Crippen molar-refractivity contribution >= 4 is 11.6 Å². The minimum absolute atomic E-state index is 0.349. The number of methoxy groups -OCH3 is 2. The van der Waals surface area contributed by atoms with Crippen molar-refractivity contribution in [1.29, 1.82) is 0 Å². The van der Waals surface area contributed by atoms with Crippen molar-refractivity contribution in [1.82, 2.24) is 5.32 Å². The lowest BCUT2D eigenvalue weighted by Crippen LogP contribution is -2.34. The molecule has 0 bridgehead atoms. The van der Waals surface area contributed by atoms with Crippen LogP contribution in [0.3, 0.4) is 0 Å². The van der Waals surface area contributed by atoms with E-state index in [0.29, 0.717) is 31.7 Å². The van der Waals surface area contributed by atoms with E-state index in [9.17, 15) is 0 Å². The van der Waals surface area contributed by atoms with E-state index in [0.717, 1.165) is 26.0 Å². The van der Waals surface area contributed by atoms with Crippen molar-refractivity contribution in [2.24, 2.45) is 0 Å². The molecule has 0 aliphatic heterocycles. The van der Waals surface area contributed by atoms with Gasteiger partial charge in [-0.25, -0.2) is 0 Å². The van der Waals surface area contributed by atoms with Crippen molar-refractivity contribution in [2.45, 2.75) is 18.9 Å². The SMILES string of the molecule is COCCOCCCNC(CCCl)COC. The monoisotopic (exact) mass is 253 g/mol. The van der Waals surface area contributed by atoms with Crippen LogP contribution in [0.4, 0.5) is 0 Å². The smallest absolute Gasteiger partial charge is 0.0700 e. The molecule has 16 heavy (non-hydrogen) atoms. The van der Waals surface area contributed by atoms with Crippen LogP contribution in [-0.4, -0.2) is 59.1 Å². The van der Waals surface area contributed by atoms with E-state index in [2.05, 4.69) is 5.32 Å². The Labute approximate surface area is 104 Å². The van der Waals surface area contributed by atoms with Gasteiger partial charge in [0.25, 0.3) is 0 Å². The molecule has 1 atom stereocenters. The maximum Gasteiger partial charge on any atom is 0.0700 e. The fourth-order valence-electron chi connectivity index (χ4n) is 1.30. The Hall–Kier alpha value is 0.130. The van der Waals surface area contributed by atoms with E-state index in [4.69, 9.17) is 25.8 Å². The average Bonchev–Trinajstić information content (AvgIpc) is 2.28. The highest BCUT2D eigenvalue weighted by atomic mass is 35.5. The third kappa shape index (κ3) is 10.6. The van der Waals surface area contributed by atoms with Crippen LogP contribution in [0.2, 0.25) is 0 Å². The van der Waals surface area contributed by atoms with Gasteiger partial charge in [0, 0.05) is 32.7 Å². The molecule has 0 saturated heterocycles. The summed E-state index contributed by atoms with van der Waals surface area (Å²) < 4.78 is 15.3. The summed E-state index contributed by atoms with van der Waals surface area (Å²) in [7, 11) is 3.38. The zero-order valence-corrected chi connectivity index (χ0v) is 11.1. The maximum atomic E-state index is 5.70. The molecular weight excluding hydrogens is 230 g/mol. The number of alkyl halides is 1. The highest BCUT2D eigenvalue weighted by Gasteiger charge is 2.05. The first-order valence-electron chi connectivity index (χ1n) is 5.70. The van der Waals surface area contributed by atoms with Gasteiger partial charge >= 0.3 is 0 Å². The molecular formula is C11H24ClNO3. The van der Waals surface area contributed by atoms with Crippen molar-refractivity contribution in [3.05, 3.63) is 0 Å². The van der Waals surface area contributed by atoms with E-state index in [1.807, 2.05) is 0 Å². The first-order valence-corrected chi connectivity index (χ1v) is 6.23. The van der Waals surface area contributed by atoms with Crippen LogP contribution in [0.1, 0.15) is 12.8 Å². The van der Waals surface area contributed by atoms with Gasteiger partial charge in [-0.1, -0.05) is 0 Å². The number of halogens is 1. The molecule has 0 amide bonds. The first kappa shape index (κ1) is 16.1. The number of nitrogens with one attached hydrogen (secondary N) is 1. The van der Waals surface area contributed by atoms with Crippen LogP contribution in [0, 0.1) is 0 Å². The fourth-order valence-corrected chi connectivity index (χ4v) is 1.57. The molecule has 0 aromatic rings. The summed E-state index contributed by atoms with van der Waals surface area (Å²) in [5, 5.41) is 3.39. The molecule has 5 heteroatoms. The first-order chi connectivity index (χ1) is 7.85. The molecule has 0 radical (unpaired) electrons. The van der Waals surface area contributed by atoms with Gasteiger partial charge in [-0.3, -0.25) is 0 Å². The lowest BCUT2D eigenvalue weighted by molar-refractivity contribution is 0.0687. The maximum absolute atomic E-state index is 5.70. The molecule has 0 aliphatic rings. The normalized spacial score (nSPS) is 12.9. The predicted molar refractivity (Wildman–Crippen MR) is 66.3 cm³/mol. The molecule has 98 valence electrons. The van der Waals surface area contributed by atoms with Gasteiger partial charge in [0.05, 0.1) is 19.8 Å². The van der Waals surface area contributed by atoms with E-state index >= 15 is 0 Å². The van der Waals surface area contributed by atoms with Crippen molar-refractivity contribution in [3.63, 3.8) is 0 Å². The second-order valence-corrected chi connectivity index (χ2v) is 3.92. The summed E-state index contributed by atoms with van der Waals surface area (Å²) >= 11 is 5.70. The van der Waals surface area contributed by atoms with E-state index in [1.165, 1.54) is 0 Å². The van der Waals surface area contributed by atoms with Gasteiger partial charge in [0.15, 0.2) is 0 Å². The molecule has 0 aromatic heterocycles. The predicted octanol–water partition coefficient (Wildman–Crippen LogP) is 1.27. The second-order valence-electron chi connectivity index (χ2n) is 3.54. The molecule has 0 saturated carbocycles. The largest absolute Gasteiger partial charge is 0.383 e. The Morgan fingerprint density at radius 1 is 1.12 bits per heavy atom. The number of hydrogen-bond acceptors (Lipinski definition) is 4. The number of hydrogen-bond donors (Lipinski definition) is 1. The molecule has 0 rings (SSSR count). The summed E-state index contributed by atoms with van der Waals surface area (Å²) in [6, 6.07) is 0.349. The highest BCUT2D eigenvalue weighted by molar-refractivity contribution is 6.17. The zero-order valence-electron chi connectivity index (χ0n) is 10.3. The molecule has 1 N–H and O–H groups in total. The Kier molecular flexibility index (Phi) is 13.3. The van der Waals surface area contributed by atoms with E-state index in [1.54, 1.807) is 14.2 Å². The van der Waals surface area contributed by atoms with Gasteiger partial charge in [0.1, 0.15) is 0 Å². The Balaban J connectivity index is 3.25. The molecule has 0 fully saturated rings. The van der Waals surface area contributed by atoms with Gasteiger partial charge < -0.3 is 19.5 Å². The lowest BCUT2D eigenvalue weighted by Gasteiger charge is -2.16. The van der Waals surface area contributed by atoms with Crippen molar-refractivity contribution in [2.75, 3.05) is 53.1 Å². The summed E-state index contributed by atoms with van der Waals surface area (Å²) in [6.45, 7) is 3.72. The standard InChI is InChI=1S/C11H24ClNO3/c1-14-8-9-16-7-3-6-13-11(4-5-12)10-15-2/h11,13H,3-10H2,1-2H3. The Morgan fingerprint density at radius 2 is 1.94 bits per heavy atom. The van der Waals surface area contributed by atoms with Gasteiger partial charge in [-0.2, -0.15) is 0 Å². The quantitative estimate of drug-likeness (QED) is 0.420. The van der Waals surface area contributed by atoms with Crippen LogP contribution in [-0.2, 0) is 14.2 Å².